The molecule has 1 aromatic rings. The highest BCUT2D eigenvalue weighted by molar-refractivity contribution is 6.43. The Bertz CT molecular complexity index is 1050. The molecule has 1 atom stereocenters. The molecule has 4 N–H and O–H groups in total. The molecule has 1 spiro atoms. The molecule has 9 nitrogen and oxygen atoms in total. The van der Waals surface area contributed by atoms with Crippen molar-refractivity contribution in [3.8, 4) is 11.9 Å². The van der Waals surface area contributed by atoms with Gasteiger partial charge < -0.3 is 20.7 Å². The number of halogens is 1. The minimum absolute atomic E-state index is 0.00240. The van der Waals surface area contributed by atoms with Gasteiger partial charge in [0.25, 0.3) is 5.91 Å². The molecule has 10 heteroatoms. The van der Waals surface area contributed by atoms with Crippen molar-refractivity contribution in [3.63, 3.8) is 0 Å². The van der Waals surface area contributed by atoms with Crippen LogP contribution < -0.4 is 15.8 Å². The van der Waals surface area contributed by atoms with E-state index in [9.17, 15) is 19.2 Å². The molecule has 0 bridgehead atoms. The second-order valence-electron chi connectivity index (χ2n) is 8.77. The highest BCUT2D eigenvalue weighted by Crippen LogP contribution is 2.50. The van der Waals surface area contributed by atoms with Crippen LogP contribution in [0.5, 0.6) is 5.88 Å². The van der Waals surface area contributed by atoms with Crippen LogP contribution >= 0.6 is 0 Å². The van der Waals surface area contributed by atoms with Crippen LogP contribution in [0.3, 0.4) is 0 Å². The Hall–Kier alpha value is -3.48. The van der Waals surface area contributed by atoms with Crippen LogP contribution in [0.15, 0.2) is 18.3 Å². The maximum Gasteiger partial charge on any atom is 0.272 e. The number of methoxy groups -OCH3 is 1. The number of likely N-dealkylation sites (tertiary alicyclic amines) is 1. The van der Waals surface area contributed by atoms with Crippen LogP contribution in [0, 0.1) is 28.5 Å². The first-order chi connectivity index (χ1) is 15.2. The predicted octanol–water partition coefficient (Wildman–Crippen LogP) is 1.49. The number of piperidine rings is 1. The smallest absolute Gasteiger partial charge is 0.272 e. The zero-order valence-electron chi connectivity index (χ0n) is 17.8. The average Bonchev–Trinajstić information content (AvgIpc) is 3.72. The van der Waals surface area contributed by atoms with Crippen LogP contribution in [0.25, 0.3) is 5.70 Å². The fourth-order valence-corrected chi connectivity index (χ4v) is 4.27. The summed E-state index contributed by atoms with van der Waals surface area (Å²) in [5, 5.41) is 20.3. The van der Waals surface area contributed by atoms with E-state index in [1.165, 1.54) is 13.2 Å². The van der Waals surface area contributed by atoms with E-state index in [0.29, 0.717) is 32.2 Å². The molecule has 1 saturated heterocycles. The number of carbonyl (C=O) groups is 2. The predicted molar refractivity (Wildman–Crippen MR) is 113 cm³/mol. The van der Waals surface area contributed by atoms with Crippen molar-refractivity contribution in [1.29, 1.82) is 10.7 Å². The number of nitrogens with one attached hydrogen (secondary N) is 2. The molecule has 2 saturated carbocycles. The fourth-order valence-electron chi connectivity index (χ4n) is 4.27. The normalized spacial score (nSPS) is 22.6. The van der Waals surface area contributed by atoms with Gasteiger partial charge in [0, 0.05) is 35.3 Å². The number of carbonyl (C=O) groups excluding carboxylic acids is 2. The number of pyridine rings is 1. The van der Waals surface area contributed by atoms with Crippen LogP contribution in [-0.4, -0.2) is 52.1 Å². The average molecular weight is 440 g/mol. The van der Waals surface area contributed by atoms with Gasteiger partial charge in [-0.1, -0.05) is 0 Å². The van der Waals surface area contributed by atoms with E-state index in [1.807, 2.05) is 0 Å². The minimum atomic E-state index is -0.712. The molecule has 2 heterocycles. The second-order valence-corrected chi connectivity index (χ2v) is 8.77. The Morgan fingerprint density at radius 1 is 1.44 bits per heavy atom. The number of ether oxygens (including phenoxy) is 1. The number of nitriles is 1. The van der Waals surface area contributed by atoms with Gasteiger partial charge in [-0.05, 0) is 44.6 Å². The molecule has 4 rings (SSSR count). The molecule has 0 radical (unpaired) electrons. The molecule has 0 aromatic carbocycles. The van der Waals surface area contributed by atoms with E-state index >= 15 is 0 Å². The minimum Gasteiger partial charge on any atom is -0.481 e. The standard InChI is InChI=1S/C22H25FN6O3/c1-32-18-8-14(15(23)11-27-18)16(25)9-17(26)20(31)29-7-2-13(10-22(29)5-6-22)19(30)28-21(12-24)3-4-21/h8-9,11,13,26H,2-7,10,25H2,1H3,(H,28,30)/b16-9-,26-17?/t13-/m0/s1. The zero-order chi connectivity index (χ0) is 23.1. The van der Waals surface area contributed by atoms with Crippen molar-refractivity contribution in [2.45, 2.75) is 49.6 Å². The lowest BCUT2D eigenvalue weighted by atomic mass is 9.87. The third-order valence-electron chi connectivity index (χ3n) is 6.55. The van der Waals surface area contributed by atoms with Crippen molar-refractivity contribution in [2.75, 3.05) is 13.7 Å². The molecule has 2 aliphatic carbocycles. The summed E-state index contributed by atoms with van der Waals surface area (Å²) in [6.07, 6.45) is 5.94. The lowest BCUT2D eigenvalue weighted by molar-refractivity contribution is -0.135. The van der Waals surface area contributed by atoms with Gasteiger partial charge in [0.05, 0.1) is 19.4 Å². The molecular weight excluding hydrogens is 415 g/mol. The summed E-state index contributed by atoms with van der Waals surface area (Å²) in [6.45, 7) is 0.337. The Morgan fingerprint density at radius 3 is 2.75 bits per heavy atom. The zero-order valence-corrected chi connectivity index (χ0v) is 17.8. The first-order valence-electron chi connectivity index (χ1n) is 10.5. The van der Waals surface area contributed by atoms with Gasteiger partial charge in [-0.3, -0.25) is 15.0 Å². The third-order valence-corrected chi connectivity index (χ3v) is 6.55. The van der Waals surface area contributed by atoms with Crippen molar-refractivity contribution in [3.05, 3.63) is 29.7 Å². The number of hydrogen-bond acceptors (Lipinski definition) is 7. The number of rotatable bonds is 6. The molecule has 2 amide bonds. The molecule has 1 aromatic heterocycles. The summed E-state index contributed by atoms with van der Waals surface area (Å²) in [5.74, 6) is -1.42. The Balaban J connectivity index is 1.44. The van der Waals surface area contributed by atoms with Crippen molar-refractivity contribution < 1.29 is 18.7 Å². The second kappa shape index (κ2) is 7.89. The molecule has 0 unspecified atom stereocenters. The van der Waals surface area contributed by atoms with Crippen LogP contribution in [0.4, 0.5) is 4.39 Å². The van der Waals surface area contributed by atoms with Gasteiger partial charge in [-0.2, -0.15) is 5.26 Å². The Morgan fingerprint density at radius 2 is 2.16 bits per heavy atom. The molecule has 3 aliphatic rings. The Kier molecular flexibility index (Phi) is 5.36. The lowest BCUT2D eigenvalue weighted by Crippen LogP contribution is -2.53. The van der Waals surface area contributed by atoms with Gasteiger partial charge in [0.15, 0.2) is 5.82 Å². The fraction of sp³-hybridized carbons (Fsp3) is 0.500. The van der Waals surface area contributed by atoms with Gasteiger partial charge in [-0.25, -0.2) is 9.37 Å². The maximum atomic E-state index is 14.1. The first kappa shape index (κ1) is 21.7. The molecular formula is C22H25FN6O3. The van der Waals surface area contributed by atoms with E-state index in [2.05, 4.69) is 16.4 Å². The quantitative estimate of drug-likeness (QED) is 0.572. The van der Waals surface area contributed by atoms with E-state index in [4.69, 9.17) is 15.9 Å². The van der Waals surface area contributed by atoms with Crippen LogP contribution in [0.1, 0.15) is 44.1 Å². The van der Waals surface area contributed by atoms with Crippen molar-refractivity contribution in [1.82, 2.24) is 15.2 Å². The number of aromatic nitrogens is 1. The highest BCUT2D eigenvalue weighted by Gasteiger charge is 2.55. The summed E-state index contributed by atoms with van der Waals surface area (Å²) < 4.78 is 19.1. The van der Waals surface area contributed by atoms with E-state index in [1.54, 1.807) is 4.90 Å². The van der Waals surface area contributed by atoms with Gasteiger partial charge in [0.1, 0.15) is 11.3 Å². The molecule has 1 aliphatic heterocycles. The third kappa shape index (κ3) is 4.02. The summed E-state index contributed by atoms with van der Waals surface area (Å²) in [4.78, 5) is 31.0. The number of amides is 2. The molecule has 168 valence electrons. The maximum absolute atomic E-state index is 14.1. The molecule has 32 heavy (non-hydrogen) atoms. The topological polar surface area (TPSA) is 145 Å². The van der Waals surface area contributed by atoms with Crippen LogP contribution in [-0.2, 0) is 9.59 Å². The SMILES string of the molecule is COc1cc(/C(N)=C/C(=N)C(=O)N2CC[C@H](C(=O)NC3(C#N)CC3)CC23CC3)c(F)cn1. The van der Waals surface area contributed by atoms with E-state index in [-0.39, 0.29) is 34.7 Å². The van der Waals surface area contributed by atoms with E-state index in [0.717, 1.165) is 25.1 Å². The number of hydrogen-bond donors (Lipinski definition) is 3. The highest BCUT2D eigenvalue weighted by atomic mass is 19.1. The summed E-state index contributed by atoms with van der Waals surface area (Å²) in [6, 6.07) is 3.47. The van der Waals surface area contributed by atoms with Gasteiger partial charge in [-0.15, -0.1) is 0 Å². The number of nitrogens with zero attached hydrogens (tertiary/aromatic N) is 3. The molecule has 3 fully saturated rings. The largest absolute Gasteiger partial charge is 0.481 e. The first-order valence-corrected chi connectivity index (χ1v) is 10.5. The van der Waals surface area contributed by atoms with Crippen molar-refractivity contribution in [2.24, 2.45) is 11.7 Å². The summed E-state index contributed by atoms with van der Waals surface area (Å²) in [5.41, 5.74) is 4.37. The lowest BCUT2D eigenvalue weighted by Gasteiger charge is -2.39. The summed E-state index contributed by atoms with van der Waals surface area (Å²) >= 11 is 0. The van der Waals surface area contributed by atoms with E-state index < -0.39 is 22.8 Å². The monoisotopic (exact) mass is 440 g/mol. The van der Waals surface area contributed by atoms with Gasteiger partial charge >= 0.3 is 0 Å². The van der Waals surface area contributed by atoms with Gasteiger partial charge in [0.2, 0.25) is 11.8 Å². The number of nitrogens with two attached hydrogens (primary N) is 1. The summed E-state index contributed by atoms with van der Waals surface area (Å²) in [7, 11) is 1.39. The Labute approximate surface area is 184 Å². The van der Waals surface area contributed by atoms with Crippen LogP contribution in [0.2, 0.25) is 0 Å². The van der Waals surface area contributed by atoms with Crippen molar-refractivity contribution >= 4 is 23.2 Å².